The normalized spacial score (nSPS) is 20.1. The molecule has 1 rings (SSSR count). The summed E-state index contributed by atoms with van der Waals surface area (Å²) < 4.78 is 5.19. The van der Waals surface area contributed by atoms with Gasteiger partial charge >= 0.3 is 0 Å². The first-order valence-electron chi connectivity index (χ1n) is 5.51. The lowest BCUT2D eigenvalue weighted by molar-refractivity contribution is -0.122. The maximum atomic E-state index is 11.4. The van der Waals surface area contributed by atoms with E-state index in [9.17, 15) is 4.79 Å². The molecule has 1 unspecified atom stereocenters. The van der Waals surface area contributed by atoms with Crippen molar-refractivity contribution in [2.24, 2.45) is 0 Å². The van der Waals surface area contributed by atoms with E-state index in [0.29, 0.717) is 25.7 Å². The highest BCUT2D eigenvalue weighted by molar-refractivity contribution is 5.76. The van der Waals surface area contributed by atoms with Crippen molar-refractivity contribution in [2.75, 3.05) is 26.3 Å². The third-order valence-electron chi connectivity index (χ3n) is 2.35. The molecule has 1 aliphatic heterocycles. The third-order valence-corrected chi connectivity index (χ3v) is 2.35. The lowest BCUT2D eigenvalue weighted by atomic mass is 10.2. The maximum absolute atomic E-state index is 11.4. The standard InChI is InChI=1S/C11H20N2O2/c1-2-7-15-8-3-4-11(14)13-10-5-6-12-9-10/h2,10,12H,1,3-9H2,(H,13,14). The monoisotopic (exact) mass is 212 g/mol. The van der Waals surface area contributed by atoms with Crippen LogP contribution in [0.2, 0.25) is 0 Å². The molecule has 1 amide bonds. The predicted octanol–water partition coefficient (Wildman–Crippen LogP) is 0.447. The second-order valence-corrected chi connectivity index (χ2v) is 3.72. The Kier molecular flexibility index (Phi) is 6.04. The van der Waals surface area contributed by atoms with Crippen LogP contribution >= 0.6 is 0 Å². The van der Waals surface area contributed by atoms with Gasteiger partial charge in [0.15, 0.2) is 0 Å². The van der Waals surface area contributed by atoms with Gasteiger partial charge in [0.2, 0.25) is 5.91 Å². The van der Waals surface area contributed by atoms with Crippen molar-refractivity contribution < 1.29 is 9.53 Å². The molecule has 1 aliphatic rings. The van der Waals surface area contributed by atoms with Crippen LogP contribution in [0.25, 0.3) is 0 Å². The summed E-state index contributed by atoms with van der Waals surface area (Å²) in [5.74, 6) is 0.130. The molecule has 0 aromatic heterocycles. The largest absolute Gasteiger partial charge is 0.377 e. The molecule has 0 radical (unpaired) electrons. The number of nitrogens with one attached hydrogen (secondary N) is 2. The highest BCUT2D eigenvalue weighted by Crippen LogP contribution is 1.98. The van der Waals surface area contributed by atoms with Crippen molar-refractivity contribution in [3.05, 3.63) is 12.7 Å². The van der Waals surface area contributed by atoms with E-state index in [4.69, 9.17) is 4.74 Å². The second-order valence-electron chi connectivity index (χ2n) is 3.72. The quantitative estimate of drug-likeness (QED) is 0.476. The van der Waals surface area contributed by atoms with Crippen LogP contribution in [-0.2, 0) is 9.53 Å². The third kappa shape index (κ3) is 5.54. The summed E-state index contributed by atoms with van der Waals surface area (Å²) in [6, 6.07) is 0.326. The van der Waals surface area contributed by atoms with Crippen LogP contribution in [0, 0.1) is 0 Å². The molecule has 2 N–H and O–H groups in total. The number of rotatable bonds is 7. The zero-order valence-corrected chi connectivity index (χ0v) is 9.13. The molecule has 1 atom stereocenters. The highest BCUT2D eigenvalue weighted by Gasteiger charge is 2.15. The van der Waals surface area contributed by atoms with Crippen LogP contribution < -0.4 is 10.6 Å². The molecule has 1 heterocycles. The Morgan fingerprint density at radius 2 is 2.53 bits per heavy atom. The van der Waals surface area contributed by atoms with Crippen molar-refractivity contribution >= 4 is 5.91 Å². The molecule has 1 fully saturated rings. The van der Waals surface area contributed by atoms with E-state index in [1.54, 1.807) is 6.08 Å². The summed E-state index contributed by atoms with van der Waals surface area (Å²) in [5.41, 5.74) is 0. The van der Waals surface area contributed by atoms with Gasteiger partial charge in [-0.25, -0.2) is 0 Å². The lowest BCUT2D eigenvalue weighted by Crippen LogP contribution is -2.36. The molecule has 0 aromatic rings. The molecule has 1 saturated heterocycles. The van der Waals surface area contributed by atoms with Crippen molar-refractivity contribution in [1.82, 2.24) is 10.6 Å². The molecule has 4 heteroatoms. The first-order chi connectivity index (χ1) is 7.33. The summed E-state index contributed by atoms with van der Waals surface area (Å²) in [7, 11) is 0. The Morgan fingerprint density at radius 1 is 1.67 bits per heavy atom. The number of hydrogen-bond donors (Lipinski definition) is 2. The Bertz CT molecular complexity index is 201. The highest BCUT2D eigenvalue weighted by atomic mass is 16.5. The van der Waals surface area contributed by atoms with Crippen molar-refractivity contribution in [3.63, 3.8) is 0 Å². The fourth-order valence-electron chi connectivity index (χ4n) is 1.58. The summed E-state index contributed by atoms with van der Waals surface area (Å²) >= 11 is 0. The number of carbonyl (C=O) groups is 1. The molecule has 0 bridgehead atoms. The van der Waals surface area contributed by atoms with E-state index >= 15 is 0 Å². The maximum Gasteiger partial charge on any atom is 0.220 e. The predicted molar refractivity (Wildman–Crippen MR) is 59.7 cm³/mol. The van der Waals surface area contributed by atoms with Gasteiger partial charge in [0.05, 0.1) is 6.61 Å². The van der Waals surface area contributed by atoms with Gasteiger partial charge in [0.25, 0.3) is 0 Å². The molecule has 4 nitrogen and oxygen atoms in total. The van der Waals surface area contributed by atoms with Crippen LogP contribution in [0.5, 0.6) is 0 Å². The molecule has 0 aromatic carbocycles. The summed E-state index contributed by atoms with van der Waals surface area (Å²) in [5, 5.41) is 6.20. The van der Waals surface area contributed by atoms with Crippen LogP contribution in [0.4, 0.5) is 0 Å². The van der Waals surface area contributed by atoms with Gasteiger partial charge in [0, 0.05) is 25.6 Å². The summed E-state index contributed by atoms with van der Waals surface area (Å²) in [6.07, 6.45) is 4.08. The number of ether oxygens (including phenoxy) is 1. The average molecular weight is 212 g/mol. The van der Waals surface area contributed by atoms with Gasteiger partial charge in [-0.1, -0.05) is 6.08 Å². The van der Waals surface area contributed by atoms with E-state index in [1.165, 1.54) is 0 Å². The van der Waals surface area contributed by atoms with E-state index in [0.717, 1.165) is 25.9 Å². The van der Waals surface area contributed by atoms with Gasteiger partial charge < -0.3 is 15.4 Å². The van der Waals surface area contributed by atoms with Crippen LogP contribution in [-0.4, -0.2) is 38.3 Å². The van der Waals surface area contributed by atoms with Crippen LogP contribution in [0.15, 0.2) is 12.7 Å². The minimum Gasteiger partial charge on any atom is -0.377 e. The van der Waals surface area contributed by atoms with E-state index in [-0.39, 0.29) is 5.91 Å². The number of carbonyl (C=O) groups excluding carboxylic acids is 1. The molecule has 0 aliphatic carbocycles. The summed E-state index contributed by atoms with van der Waals surface area (Å²) in [6.45, 7) is 6.65. The number of amides is 1. The van der Waals surface area contributed by atoms with E-state index in [1.807, 2.05) is 0 Å². The Hall–Kier alpha value is -0.870. The Balaban J connectivity index is 1.95. The fraction of sp³-hybridized carbons (Fsp3) is 0.727. The minimum absolute atomic E-state index is 0.130. The fourth-order valence-corrected chi connectivity index (χ4v) is 1.58. The van der Waals surface area contributed by atoms with Crippen LogP contribution in [0.3, 0.4) is 0 Å². The molecule has 15 heavy (non-hydrogen) atoms. The lowest BCUT2D eigenvalue weighted by Gasteiger charge is -2.10. The van der Waals surface area contributed by atoms with Gasteiger partial charge in [-0.05, 0) is 19.4 Å². The zero-order chi connectivity index (χ0) is 10.9. The molecule has 86 valence electrons. The Morgan fingerprint density at radius 3 is 3.20 bits per heavy atom. The summed E-state index contributed by atoms with van der Waals surface area (Å²) in [4.78, 5) is 11.4. The molecule has 0 spiro atoms. The first-order valence-corrected chi connectivity index (χ1v) is 5.51. The topological polar surface area (TPSA) is 50.4 Å². The van der Waals surface area contributed by atoms with Gasteiger partial charge in [-0.2, -0.15) is 0 Å². The van der Waals surface area contributed by atoms with E-state index < -0.39 is 0 Å². The second kappa shape index (κ2) is 7.43. The minimum atomic E-state index is 0.130. The first kappa shape index (κ1) is 12.2. The van der Waals surface area contributed by atoms with Crippen molar-refractivity contribution in [3.8, 4) is 0 Å². The smallest absolute Gasteiger partial charge is 0.220 e. The van der Waals surface area contributed by atoms with E-state index in [2.05, 4.69) is 17.2 Å². The average Bonchev–Trinajstić information content (AvgIpc) is 2.70. The van der Waals surface area contributed by atoms with Gasteiger partial charge in [-0.15, -0.1) is 6.58 Å². The van der Waals surface area contributed by atoms with Crippen molar-refractivity contribution in [1.29, 1.82) is 0 Å². The zero-order valence-electron chi connectivity index (χ0n) is 9.13. The van der Waals surface area contributed by atoms with Crippen molar-refractivity contribution in [2.45, 2.75) is 25.3 Å². The number of hydrogen-bond acceptors (Lipinski definition) is 3. The SMILES string of the molecule is C=CCOCCCC(=O)NC1CCNC1. The van der Waals surface area contributed by atoms with Crippen LogP contribution in [0.1, 0.15) is 19.3 Å². The van der Waals surface area contributed by atoms with Gasteiger partial charge in [-0.3, -0.25) is 4.79 Å². The van der Waals surface area contributed by atoms with Gasteiger partial charge in [0.1, 0.15) is 0 Å². The Labute approximate surface area is 91.1 Å². The molecular formula is C11H20N2O2. The molecular weight excluding hydrogens is 192 g/mol. The molecule has 0 saturated carbocycles.